The van der Waals surface area contributed by atoms with Crippen molar-refractivity contribution in [1.29, 1.82) is 0 Å². The lowest BCUT2D eigenvalue weighted by Crippen LogP contribution is -1.88. The maximum absolute atomic E-state index is 3.98. The average Bonchev–Trinajstić information content (AvgIpc) is 2.84. The fourth-order valence-corrected chi connectivity index (χ4v) is 1.13. The summed E-state index contributed by atoms with van der Waals surface area (Å²) in [6.07, 6.45) is 8.15. The minimum atomic E-state index is 1.15. The summed E-state index contributed by atoms with van der Waals surface area (Å²) in [5.41, 5.74) is 2.43. The van der Waals surface area contributed by atoms with Gasteiger partial charge in [0.05, 0.1) is 6.33 Å². The fourth-order valence-electron chi connectivity index (χ4n) is 1.13. The van der Waals surface area contributed by atoms with E-state index in [9.17, 15) is 0 Å². The minimum Gasteiger partial charge on any atom is -0.306 e. The highest BCUT2D eigenvalue weighted by atomic mass is 15.0. The molecule has 2 rings (SSSR count). The van der Waals surface area contributed by atoms with Gasteiger partial charge >= 0.3 is 0 Å². The van der Waals surface area contributed by atoms with Crippen molar-refractivity contribution < 1.29 is 0 Å². The molecule has 0 spiro atoms. The van der Waals surface area contributed by atoms with Gasteiger partial charge in [-0.15, -0.1) is 0 Å². The van der Waals surface area contributed by atoms with E-state index in [0.29, 0.717) is 0 Å². The van der Waals surface area contributed by atoms with Gasteiger partial charge in [-0.25, -0.2) is 4.98 Å². The average molecular weight is 216 g/mol. The Morgan fingerprint density at radius 2 is 1.69 bits per heavy atom. The number of hydrogen-bond donors (Lipinski definition) is 0. The number of imidazole rings is 1. The first kappa shape index (κ1) is 12.5. The van der Waals surface area contributed by atoms with Crippen molar-refractivity contribution in [2.24, 2.45) is 0 Å². The molecule has 0 atom stereocenters. The molecular formula is C14H20N2. The quantitative estimate of drug-likeness (QED) is 0.742. The Morgan fingerprint density at radius 1 is 1.06 bits per heavy atom. The van der Waals surface area contributed by atoms with Gasteiger partial charge in [0.25, 0.3) is 0 Å². The van der Waals surface area contributed by atoms with Crippen LogP contribution in [0, 0.1) is 6.92 Å². The van der Waals surface area contributed by atoms with Crippen molar-refractivity contribution in [3.63, 3.8) is 0 Å². The zero-order valence-electron chi connectivity index (χ0n) is 10.4. The highest BCUT2D eigenvalue weighted by Crippen LogP contribution is 2.07. The number of benzene rings is 1. The lowest BCUT2D eigenvalue weighted by Gasteiger charge is -2.00. The van der Waals surface area contributed by atoms with Crippen LogP contribution in [-0.4, -0.2) is 9.55 Å². The van der Waals surface area contributed by atoms with E-state index in [1.165, 1.54) is 18.4 Å². The SMILES string of the molecule is CCCC.Cc1ccc(-n2ccnc2)cc1. The molecule has 0 amide bonds. The van der Waals surface area contributed by atoms with E-state index in [4.69, 9.17) is 0 Å². The summed E-state index contributed by atoms with van der Waals surface area (Å²) in [5.74, 6) is 0. The van der Waals surface area contributed by atoms with E-state index in [0.717, 1.165) is 5.69 Å². The summed E-state index contributed by atoms with van der Waals surface area (Å²) in [7, 11) is 0. The molecule has 0 radical (unpaired) electrons. The summed E-state index contributed by atoms with van der Waals surface area (Å²) < 4.78 is 1.99. The predicted octanol–water partition coefficient (Wildman–Crippen LogP) is 3.99. The molecule has 0 saturated heterocycles. The van der Waals surface area contributed by atoms with Gasteiger partial charge in [0.1, 0.15) is 0 Å². The molecule has 1 aromatic heterocycles. The Labute approximate surface area is 98.0 Å². The van der Waals surface area contributed by atoms with Gasteiger partial charge in [-0.1, -0.05) is 44.4 Å². The minimum absolute atomic E-state index is 1.15. The van der Waals surface area contributed by atoms with Gasteiger partial charge in [-0.2, -0.15) is 0 Å². The van der Waals surface area contributed by atoms with Crippen LogP contribution in [0.3, 0.4) is 0 Å². The molecule has 0 aliphatic carbocycles. The summed E-state index contributed by atoms with van der Waals surface area (Å²) >= 11 is 0. The second-order valence-electron chi connectivity index (χ2n) is 3.81. The molecule has 0 aliphatic heterocycles. The van der Waals surface area contributed by atoms with Gasteiger partial charge in [-0.3, -0.25) is 0 Å². The van der Waals surface area contributed by atoms with Crippen LogP contribution in [0.4, 0.5) is 0 Å². The van der Waals surface area contributed by atoms with E-state index in [1.54, 1.807) is 12.5 Å². The first-order valence-electron chi connectivity index (χ1n) is 5.83. The van der Waals surface area contributed by atoms with Gasteiger partial charge < -0.3 is 4.57 Å². The van der Waals surface area contributed by atoms with Crippen molar-refractivity contribution in [2.75, 3.05) is 0 Å². The molecule has 0 fully saturated rings. The van der Waals surface area contributed by atoms with Crippen LogP contribution in [0.25, 0.3) is 5.69 Å². The van der Waals surface area contributed by atoms with Crippen LogP contribution < -0.4 is 0 Å². The van der Waals surface area contributed by atoms with E-state index < -0.39 is 0 Å². The van der Waals surface area contributed by atoms with Crippen molar-refractivity contribution in [2.45, 2.75) is 33.6 Å². The Kier molecular flexibility index (Phi) is 5.34. The number of hydrogen-bond acceptors (Lipinski definition) is 1. The third-order valence-corrected chi connectivity index (χ3v) is 2.34. The Morgan fingerprint density at radius 3 is 2.12 bits per heavy atom. The van der Waals surface area contributed by atoms with Crippen LogP contribution in [0.5, 0.6) is 0 Å². The van der Waals surface area contributed by atoms with Crippen molar-refractivity contribution >= 4 is 0 Å². The molecule has 0 aliphatic rings. The second kappa shape index (κ2) is 6.83. The second-order valence-corrected chi connectivity index (χ2v) is 3.81. The maximum atomic E-state index is 3.98. The summed E-state index contributed by atoms with van der Waals surface area (Å²) in [5, 5.41) is 0. The van der Waals surface area contributed by atoms with Crippen molar-refractivity contribution in [3.8, 4) is 5.69 Å². The van der Waals surface area contributed by atoms with Crippen LogP contribution in [-0.2, 0) is 0 Å². The topological polar surface area (TPSA) is 17.8 Å². The first-order valence-corrected chi connectivity index (χ1v) is 5.83. The highest BCUT2D eigenvalue weighted by Gasteiger charge is 1.92. The van der Waals surface area contributed by atoms with E-state index in [1.807, 2.05) is 10.8 Å². The van der Waals surface area contributed by atoms with Gasteiger partial charge in [-0.05, 0) is 19.1 Å². The number of rotatable bonds is 2. The molecule has 1 aromatic carbocycles. The van der Waals surface area contributed by atoms with Crippen molar-refractivity contribution in [1.82, 2.24) is 9.55 Å². The van der Waals surface area contributed by atoms with E-state index >= 15 is 0 Å². The molecule has 86 valence electrons. The maximum Gasteiger partial charge on any atom is 0.0991 e. The Hall–Kier alpha value is -1.57. The largest absolute Gasteiger partial charge is 0.306 e. The number of unbranched alkanes of at least 4 members (excludes halogenated alkanes) is 1. The highest BCUT2D eigenvalue weighted by molar-refractivity contribution is 5.33. The van der Waals surface area contributed by atoms with Crippen molar-refractivity contribution in [3.05, 3.63) is 48.5 Å². The number of aryl methyl sites for hydroxylation is 1. The molecule has 0 bridgehead atoms. The third-order valence-electron chi connectivity index (χ3n) is 2.34. The molecule has 0 unspecified atom stereocenters. The fraction of sp³-hybridized carbons (Fsp3) is 0.357. The molecule has 2 nitrogen and oxygen atoms in total. The third kappa shape index (κ3) is 3.89. The van der Waals surface area contributed by atoms with E-state index in [-0.39, 0.29) is 0 Å². The molecule has 0 saturated carbocycles. The molecule has 16 heavy (non-hydrogen) atoms. The van der Waals surface area contributed by atoms with Gasteiger partial charge in [0.2, 0.25) is 0 Å². The van der Waals surface area contributed by atoms with Crippen LogP contribution in [0.2, 0.25) is 0 Å². The van der Waals surface area contributed by atoms with E-state index in [2.05, 4.69) is 50.0 Å². The molecule has 2 heteroatoms. The van der Waals surface area contributed by atoms with Crippen LogP contribution in [0.15, 0.2) is 43.0 Å². The molecular weight excluding hydrogens is 196 g/mol. The first-order chi connectivity index (χ1) is 7.77. The monoisotopic (exact) mass is 216 g/mol. The zero-order chi connectivity index (χ0) is 11.8. The number of nitrogens with zero attached hydrogens (tertiary/aromatic N) is 2. The summed E-state index contributed by atoms with van der Waals surface area (Å²) in [6, 6.07) is 8.35. The van der Waals surface area contributed by atoms with Gasteiger partial charge in [0, 0.05) is 18.1 Å². The standard InChI is InChI=1S/C10H10N2.C4H10/c1-9-2-4-10(5-3-9)12-7-6-11-8-12;1-3-4-2/h2-8H,1H3;3-4H2,1-2H3. The predicted molar refractivity (Wildman–Crippen MR) is 68.9 cm³/mol. The Bertz CT molecular complexity index is 372. The van der Waals surface area contributed by atoms with Crippen LogP contribution in [0.1, 0.15) is 32.3 Å². The normalized spacial score (nSPS) is 9.44. The molecule has 1 heterocycles. The lowest BCUT2D eigenvalue weighted by molar-refractivity contribution is 0.886. The summed E-state index contributed by atoms with van der Waals surface area (Å²) in [4.78, 5) is 3.98. The zero-order valence-corrected chi connectivity index (χ0v) is 10.4. The molecule has 0 N–H and O–H groups in total. The van der Waals surface area contributed by atoms with Crippen LogP contribution >= 0.6 is 0 Å². The smallest absolute Gasteiger partial charge is 0.0991 e. The Balaban J connectivity index is 0.000000280. The van der Waals surface area contributed by atoms with Gasteiger partial charge in [0.15, 0.2) is 0 Å². The molecule has 2 aromatic rings. The summed E-state index contributed by atoms with van der Waals surface area (Å²) in [6.45, 7) is 6.44. The lowest BCUT2D eigenvalue weighted by atomic mass is 10.2. The number of aromatic nitrogens is 2.